The van der Waals surface area contributed by atoms with Gasteiger partial charge < -0.3 is 10.1 Å². The molecule has 3 nitrogen and oxygen atoms in total. The number of anilines is 1. The Bertz CT molecular complexity index is 380. The number of aryl methyl sites for hydroxylation is 1. The highest BCUT2D eigenvalue weighted by atomic mass is 35.5. The van der Waals surface area contributed by atoms with E-state index in [2.05, 4.69) is 5.32 Å². The van der Waals surface area contributed by atoms with Gasteiger partial charge in [0, 0.05) is 12.3 Å². The molecule has 1 aromatic carbocycles. The largest absolute Gasteiger partial charge is 0.495 e. The van der Waals surface area contributed by atoms with Crippen molar-refractivity contribution in [3.63, 3.8) is 0 Å². The topological polar surface area (TPSA) is 38.3 Å². The standard InChI is InChI=1S/C13H18ClNO2/c1-10-6-7-12(17-2)11(9-10)15-13(16)5-3-4-8-14/h6-7,9H,3-5,8H2,1-2H3,(H,15,16). The molecule has 0 fully saturated rings. The van der Waals surface area contributed by atoms with E-state index < -0.39 is 0 Å². The molecule has 0 aliphatic heterocycles. The van der Waals surface area contributed by atoms with Crippen LogP contribution in [0.1, 0.15) is 24.8 Å². The number of unbranched alkanes of at least 4 members (excludes halogenated alkanes) is 1. The second-order valence-electron chi connectivity index (χ2n) is 3.90. The van der Waals surface area contributed by atoms with Crippen molar-refractivity contribution in [1.29, 1.82) is 0 Å². The molecule has 17 heavy (non-hydrogen) atoms. The second kappa shape index (κ2) is 7.17. The molecule has 0 aliphatic rings. The first-order valence-corrected chi connectivity index (χ1v) is 6.21. The zero-order chi connectivity index (χ0) is 12.7. The van der Waals surface area contributed by atoms with Crippen molar-refractivity contribution < 1.29 is 9.53 Å². The molecule has 0 bridgehead atoms. The van der Waals surface area contributed by atoms with Crippen LogP contribution in [0.2, 0.25) is 0 Å². The minimum atomic E-state index is -0.000910. The third kappa shape index (κ3) is 4.65. The molecule has 0 unspecified atom stereocenters. The molecular weight excluding hydrogens is 238 g/mol. The molecule has 0 aromatic heterocycles. The monoisotopic (exact) mass is 255 g/mol. The van der Waals surface area contributed by atoms with Gasteiger partial charge in [-0.15, -0.1) is 11.6 Å². The average molecular weight is 256 g/mol. The van der Waals surface area contributed by atoms with Crippen LogP contribution in [-0.2, 0) is 4.79 Å². The smallest absolute Gasteiger partial charge is 0.224 e. The Hall–Kier alpha value is -1.22. The summed E-state index contributed by atoms with van der Waals surface area (Å²) in [6, 6.07) is 5.70. The summed E-state index contributed by atoms with van der Waals surface area (Å²) in [5.74, 6) is 1.28. The van der Waals surface area contributed by atoms with E-state index in [0.29, 0.717) is 18.1 Å². The van der Waals surface area contributed by atoms with Crippen LogP contribution in [0.15, 0.2) is 18.2 Å². The van der Waals surface area contributed by atoms with E-state index in [1.165, 1.54) is 0 Å². The number of carbonyl (C=O) groups excluding carboxylic acids is 1. The number of hydrogen-bond donors (Lipinski definition) is 1. The van der Waals surface area contributed by atoms with Crippen molar-refractivity contribution in [2.45, 2.75) is 26.2 Å². The Morgan fingerprint density at radius 2 is 2.18 bits per heavy atom. The number of hydrogen-bond acceptors (Lipinski definition) is 2. The fourth-order valence-electron chi connectivity index (χ4n) is 1.51. The SMILES string of the molecule is COc1ccc(C)cc1NC(=O)CCCCCl. The van der Waals surface area contributed by atoms with Gasteiger partial charge in [-0.25, -0.2) is 0 Å². The summed E-state index contributed by atoms with van der Waals surface area (Å²) in [5, 5.41) is 2.85. The van der Waals surface area contributed by atoms with Crippen molar-refractivity contribution in [3.05, 3.63) is 23.8 Å². The first-order chi connectivity index (χ1) is 8.17. The zero-order valence-electron chi connectivity index (χ0n) is 10.3. The maximum Gasteiger partial charge on any atom is 0.224 e. The van der Waals surface area contributed by atoms with Crippen molar-refractivity contribution in [2.75, 3.05) is 18.3 Å². The van der Waals surface area contributed by atoms with Crippen LogP contribution < -0.4 is 10.1 Å². The minimum absolute atomic E-state index is 0.000910. The zero-order valence-corrected chi connectivity index (χ0v) is 11.0. The fourth-order valence-corrected chi connectivity index (χ4v) is 1.70. The van der Waals surface area contributed by atoms with Gasteiger partial charge in [-0.3, -0.25) is 4.79 Å². The van der Waals surface area contributed by atoms with Gasteiger partial charge in [0.05, 0.1) is 12.8 Å². The normalized spacial score (nSPS) is 10.1. The van der Waals surface area contributed by atoms with Gasteiger partial charge in [0.15, 0.2) is 0 Å². The summed E-state index contributed by atoms with van der Waals surface area (Å²) < 4.78 is 5.19. The summed E-state index contributed by atoms with van der Waals surface area (Å²) in [6.07, 6.45) is 2.16. The van der Waals surface area contributed by atoms with E-state index in [1.54, 1.807) is 7.11 Å². The van der Waals surface area contributed by atoms with Gasteiger partial charge in [-0.05, 0) is 37.5 Å². The van der Waals surface area contributed by atoms with Crippen molar-refractivity contribution in [3.8, 4) is 5.75 Å². The summed E-state index contributed by atoms with van der Waals surface area (Å²) >= 11 is 5.56. The molecule has 1 N–H and O–H groups in total. The number of halogens is 1. The van der Waals surface area contributed by atoms with Crippen LogP contribution >= 0.6 is 11.6 Å². The summed E-state index contributed by atoms with van der Waals surface area (Å²) in [6.45, 7) is 1.97. The van der Waals surface area contributed by atoms with Gasteiger partial charge in [0.2, 0.25) is 5.91 Å². The fraction of sp³-hybridized carbons (Fsp3) is 0.462. The van der Waals surface area contributed by atoms with Crippen LogP contribution in [0.5, 0.6) is 5.75 Å². The van der Waals surface area contributed by atoms with Crippen molar-refractivity contribution in [1.82, 2.24) is 0 Å². The molecule has 0 saturated carbocycles. The number of nitrogens with one attached hydrogen (secondary N) is 1. The highest BCUT2D eigenvalue weighted by Crippen LogP contribution is 2.25. The van der Waals surface area contributed by atoms with Crippen LogP contribution in [0.3, 0.4) is 0 Å². The second-order valence-corrected chi connectivity index (χ2v) is 4.28. The third-order valence-electron chi connectivity index (χ3n) is 2.42. The van der Waals surface area contributed by atoms with E-state index >= 15 is 0 Å². The van der Waals surface area contributed by atoms with Crippen LogP contribution in [0.4, 0.5) is 5.69 Å². The lowest BCUT2D eigenvalue weighted by atomic mass is 10.2. The van der Waals surface area contributed by atoms with Crippen LogP contribution in [0, 0.1) is 6.92 Å². The quantitative estimate of drug-likeness (QED) is 0.625. The van der Waals surface area contributed by atoms with E-state index in [1.807, 2.05) is 25.1 Å². The summed E-state index contributed by atoms with van der Waals surface area (Å²) in [7, 11) is 1.59. The summed E-state index contributed by atoms with van der Waals surface area (Å²) in [4.78, 5) is 11.7. The lowest BCUT2D eigenvalue weighted by Gasteiger charge is -2.10. The molecule has 0 radical (unpaired) electrons. The third-order valence-corrected chi connectivity index (χ3v) is 2.68. The van der Waals surface area contributed by atoms with Gasteiger partial charge in [-0.2, -0.15) is 0 Å². The molecular formula is C13H18ClNO2. The van der Waals surface area contributed by atoms with Crippen molar-refractivity contribution in [2.24, 2.45) is 0 Å². The Kier molecular flexibility index (Phi) is 5.84. The molecule has 0 atom stereocenters. The molecule has 1 aromatic rings. The first kappa shape index (κ1) is 13.8. The van der Waals surface area contributed by atoms with E-state index in [9.17, 15) is 4.79 Å². The van der Waals surface area contributed by atoms with E-state index in [0.717, 1.165) is 24.1 Å². The van der Waals surface area contributed by atoms with Gasteiger partial charge in [0.1, 0.15) is 5.75 Å². The lowest BCUT2D eigenvalue weighted by molar-refractivity contribution is -0.116. The maximum atomic E-state index is 11.7. The number of alkyl halides is 1. The highest BCUT2D eigenvalue weighted by Gasteiger charge is 2.07. The number of methoxy groups -OCH3 is 1. The minimum Gasteiger partial charge on any atom is -0.495 e. The number of carbonyl (C=O) groups is 1. The van der Waals surface area contributed by atoms with Crippen LogP contribution in [-0.4, -0.2) is 18.9 Å². The van der Waals surface area contributed by atoms with Gasteiger partial charge >= 0.3 is 0 Å². The molecule has 1 amide bonds. The predicted molar refractivity (Wildman–Crippen MR) is 70.9 cm³/mol. The molecule has 0 spiro atoms. The van der Waals surface area contributed by atoms with E-state index in [4.69, 9.17) is 16.3 Å². The molecule has 1 rings (SSSR count). The number of benzene rings is 1. The molecule has 0 saturated heterocycles. The number of amides is 1. The Morgan fingerprint density at radius 1 is 1.41 bits per heavy atom. The van der Waals surface area contributed by atoms with Crippen molar-refractivity contribution >= 4 is 23.2 Å². The van der Waals surface area contributed by atoms with Gasteiger partial charge in [0.25, 0.3) is 0 Å². The summed E-state index contributed by atoms with van der Waals surface area (Å²) in [5.41, 5.74) is 1.81. The Morgan fingerprint density at radius 3 is 2.82 bits per heavy atom. The molecule has 94 valence electrons. The molecule has 0 aliphatic carbocycles. The predicted octanol–water partition coefficient (Wildman–Crippen LogP) is 3.35. The maximum absolute atomic E-state index is 11.7. The molecule has 0 heterocycles. The van der Waals surface area contributed by atoms with Crippen LogP contribution in [0.25, 0.3) is 0 Å². The number of ether oxygens (including phenoxy) is 1. The average Bonchev–Trinajstić information content (AvgIpc) is 2.29. The van der Waals surface area contributed by atoms with Gasteiger partial charge in [-0.1, -0.05) is 6.07 Å². The number of rotatable bonds is 6. The highest BCUT2D eigenvalue weighted by molar-refractivity contribution is 6.17. The Balaban J connectivity index is 2.60. The Labute approximate surface area is 107 Å². The lowest BCUT2D eigenvalue weighted by Crippen LogP contribution is -2.12. The first-order valence-electron chi connectivity index (χ1n) is 5.68. The molecule has 4 heteroatoms. The van der Waals surface area contributed by atoms with E-state index in [-0.39, 0.29) is 5.91 Å².